The molecule has 0 aliphatic rings. The quantitative estimate of drug-likeness (QED) is 0.810. The van der Waals surface area contributed by atoms with E-state index in [1.807, 2.05) is 0 Å². The Labute approximate surface area is 120 Å². The molecule has 0 bridgehead atoms. The van der Waals surface area contributed by atoms with Gasteiger partial charge in [0.1, 0.15) is 11.9 Å². The summed E-state index contributed by atoms with van der Waals surface area (Å²) < 4.78 is 19.5. The van der Waals surface area contributed by atoms with E-state index < -0.39 is 17.8 Å². The molecule has 1 aromatic rings. The van der Waals surface area contributed by atoms with Crippen LogP contribution in [0, 0.1) is 5.82 Å². The Morgan fingerprint density at radius 1 is 1.58 bits per heavy atom. The number of aliphatic hydroxyl groups excluding tert-OH is 1. The number of rotatable bonds is 6. The van der Waals surface area contributed by atoms with Gasteiger partial charge < -0.3 is 9.84 Å². The van der Waals surface area contributed by atoms with Crippen LogP contribution in [0.4, 0.5) is 4.39 Å². The Bertz CT molecular complexity index is 442. The predicted molar refractivity (Wildman–Crippen MR) is 73.2 cm³/mol. The van der Waals surface area contributed by atoms with Crippen molar-refractivity contribution >= 4 is 21.9 Å². The van der Waals surface area contributed by atoms with E-state index in [1.54, 1.807) is 24.9 Å². The molecule has 1 aromatic carbocycles. The van der Waals surface area contributed by atoms with Crippen LogP contribution in [-0.4, -0.2) is 42.8 Å². The molecule has 0 aliphatic heterocycles. The van der Waals surface area contributed by atoms with Crippen LogP contribution in [0.3, 0.4) is 0 Å². The molecule has 0 amide bonds. The number of esters is 1. The SMILES string of the molecule is CCOC(=O)C(c1ccc(Br)cc1F)N(C)CCO. The number of nitrogens with zero attached hydrogens (tertiary/aromatic N) is 1. The standard InChI is InChI=1S/C13H17BrFNO3/c1-3-19-13(18)12(16(2)6-7-17)10-5-4-9(14)8-11(10)15/h4-5,8,12,17H,3,6-7H2,1-2H3. The number of carbonyl (C=O) groups is 1. The number of benzene rings is 1. The fraction of sp³-hybridized carbons (Fsp3) is 0.462. The average Bonchev–Trinajstić information content (AvgIpc) is 2.33. The van der Waals surface area contributed by atoms with Gasteiger partial charge in [0, 0.05) is 16.6 Å². The molecule has 0 saturated carbocycles. The molecule has 4 nitrogen and oxygen atoms in total. The predicted octanol–water partition coefficient (Wildman–Crippen LogP) is 2.12. The van der Waals surface area contributed by atoms with Gasteiger partial charge in [0.05, 0.1) is 13.2 Å². The fourth-order valence-electron chi connectivity index (χ4n) is 1.78. The molecule has 1 atom stereocenters. The Balaban J connectivity index is 3.11. The van der Waals surface area contributed by atoms with Crippen molar-refractivity contribution in [3.63, 3.8) is 0 Å². The van der Waals surface area contributed by atoms with Gasteiger partial charge in [-0.3, -0.25) is 4.90 Å². The highest BCUT2D eigenvalue weighted by Crippen LogP contribution is 2.26. The van der Waals surface area contributed by atoms with Crippen LogP contribution >= 0.6 is 15.9 Å². The van der Waals surface area contributed by atoms with Crippen molar-refractivity contribution in [1.29, 1.82) is 0 Å². The normalized spacial score (nSPS) is 12.5. The lowest BCUT2D eigenvalue weighted by atomic mass is 10.1. The summed E-state index contributed by atoms with van der Waals surface area (Å²) in [6.07, 6.45) is 0. The molecule has 1 rings (SSSR count). The number of halogens is 2. The summed E-state index contributed by atoms with van der Waals surface area (Å²) in [4.78, 5) is 13.5. The maximum absolute atomic E-state index is 14.0. The molecule has 0 aromatic heterocycles. The largest absolute Gasteiger partial charge is 0.465 e. The van der Waals surface area contributed by atoms with Crippen LogP contribution in [0.25, 0.3) is 0 Å². The first-order valence-electron chi connectivity index (χ1n) is 5.94. The van der Waals surface area contributed by atoms with Crippen LogP contribution < -0.4 is 0 Å². The summed E-state index contributed by atoms with van der Waals surface area (Å²) in [5, 5.41) is 8.96. The Morgan fingerprint density at radius 3 is 2.79 bits per heavy atom. The van der Waals surface area contributed by atoms with Crippen LogP contribution in [0.1, 0.15) is 18.5 Å². The summed E-state index contributed by atoms with van der Waals surface area (Å²) in [5.74, 6) is -1.02. The average molecular weight is 334 g/mol. The third kappa shape index (κ3) is 4.26. The van der Waals surface area contributed by atoms with Crippen molar-refractivity contribution in [3.8, 4) is 0 Å². The summed E-state index contributed by atoms with van der Waals surface area (Å²) in [6, 6.07) is 3.64. The minimum atomic E-state index is -0.861. The second-order valence-electron chi connectivity index (χ2n) is 4.02. The van der Waals surface area contributed by atoms with Crippen LogP contribution in [0.2, 0.25) is 0 Å². The number of aliphatic hydroxyl groups is 1. The lowest BCUT2D eigenvalue weighted by Crippen LogP contribution is -2.34. The van der Waals surface area contributed by atoms with Crippen LogP contribution in [-0.2, 0) is 9.53 Å². The summed E-state index contributed by atoms with van der Waals surface area (Å²) in [7, 11) is 1.64. The molecule has 1 unspecified atom stereocenters. The van der Waals surface area contributed by atoms with Gasteiger partial charge in [-0.05, 0) is 26.1 Å². The molecular weight excluding hydrogens is 317 g/mol. The van der Waals surface area contributed by atoms with Crippen molar-refractivity contribution in [2.75, 3.05) is 26.8 Å². The highest BCUT2D eigenvalue weighted by molar-refractivity contribution is 9.10. The number of ether oxygens (including phenoxy) is 1. The molecule has 19 heavy (non-hydrogen) atoms. The van der Waals surface area contributed by atoms with E-state index in [9.17, 15) is 9.18 Å². The van der Waals surface area contributed by atoms with Gasteiger partial charge >= 0.3 is 5.97 Å². The minimum Gasteiger partial charge on any atom is -0.465 e. The third-order valence-corrected chi connectivity index (χ3v) is 3.15. The van der Waals surface area contributed by atoms with E-state index in [0.717, 1.165) is 0 Å². The van der Waals surface area contributed by atoms with Crippen molar-refractivity contribution in [2.24, 2.45) is 0 Å². The Kier molecular flexibility index (Phi) is 6.41. The van der Waals surface area contributed by atoms with E-state index in [4.69, 9.17) is 9.84 Å². The highest BCUT2D eigenvalue weighted by atomic mass is 79.9. The van der Waals surface area contributed by atoms with Gasteiger partial charge in [-0.25, -0.2) is 9.18 Å². The third-order valence-electron chi connectivity index (χ3n) is 2.66. The number of hydrogen-bond donors (Lipinski definition) is 1. The van der Waals surface area contributed by atoms with E-state index in [2.05, 4.69) is 15.9 Å². The molecule has 1 N–H and O–H groups in total. The molecule has 0 radical (unpaired) electrons. The van der Waals surface area contributed by atoms with Crippen molar-refractivity contribution in [1.82, 2.24) is 4.90 Å². The smallest absolute Gasteiger partial charge is 0.328 e. The summed E-state index contributed by atoms with van der Waals surface area (Å²) >= 11 is 3.17. The first kappa shape index (κ1) is 16.1. The van der Waals surface area contributed by atoms with Crippen LogP contribution in [0.15, 0.2) is 22.7 Å². The Morgan fingerprint density at radius 2 is 2.26 bits per heavy atom. The van der Waals surface area contributed by atoms with E-state index in [1.165, 1.54) is 12.1 Å². The number of likely N-dealkylation sites (N-methyl/N-ethyl adjacent to an activating group) is 1. The monoisotopic (exact) mass is 333 g/mol. The Hall–Kier alpha value is -0.980. The van der Waals surface area contributed by atoms with Gasteiger partial charge in [-0.1, -0.05) is 22.0 Å². The zero-order chi connectivity index (χ0) is 14.4. The molecule has 6 heteroatoms. The first-order chi connectivity index (χ1) is 9.01. The van der Waals surface area contributed by atoms with Crippen LogP contribution in [0.5, 0.6) is 0 Å². The van der Waals surface area contributed by atoms with E-state index in [-0.39, 0.29) is 25.3 Å². The van der Waals surface area contributed by atoms with Crippen molar-refractivity contribution in [2.45, 2.75) is 13.0 Å². The van der Waals surface area contributed by atoms with Gasteiger partial charge in [-0.2, -0.15) is 0 Å². The highest BCUT2D eigenvalue weighted by Gasteiger charge is 2.28. The van der Waals surface area contributed by atoms with Gasteiger partial charge in [-0.15, -0.1) is 0 Å². The number of hydrogen-bond acceptors (Lipinski definition) is 4. The topological polar surface area (TPSA) is 49.8 Å². The first-order valence-corrected chi connectivity index (χ1v) is 6.73. The second kappa shape index (κ2) is 7.57. The molecule has 0 saturated heterocycles. The summed E-state index contributed by atoms with van der Waals surface area (Å²) in [5.41, 5.74) is 0.234. The second-order valence-corrected chi connectivity index (χ2v) is 4.94. The van der Waals surface area contributed by atoms with Gasteiger partial charge in [0.25, 0.3) is 0 Å². The maximum Gasteiger partial charge on any atom is 0.328 e. The number of carbonyl (C=O) groups excluding carboxylic acids is 1. The van der Waals surface area contributed by atoms with E-state index >= 15 is 0 Å². The van der Waals surface area contributed by atoms with Crippen molar-refractivity contribution < 1.29 is 19.0 Å². The molecule has 0 fully saturated rings. The van der Waals surface area contributed by atoms with Gasteiger partial charge in [0.2, 0.25) is 0 Å². The zero-order valence-corrected chi connectivity index (χ0v) is 12.5. The molecule has 0 heterocycles. The molecular formula is C13H17BrFNO3. The molecule has 106 valence electrons. The maximum atomic E-state index is 14.0. The lowest BCUT2D eigenvalue weighted by Gasteiger charge is -2.26. The van der Waals surface area contributed by atoms with Crippen molar-refractivity contribution in [3.05, 3.63) is 34.1 Å². The molecule has 0 aliphatic carbocycles. The molecule has 0 spiro atoms. The zero-order valence-electron chi connectivity index (χ0n) is 10.9. The fourth-order valence-corrected chi connectivity index (χ4v) is 2.11. The minimum absolute atomic E-state index is 0.120. The van der Waals surface area contributed by atoms with E-state index in [0.29, 0.717) is 4.47 Å². The summed E-state index contributed by atoms with van der Waals surface area (Å²) in [6.45, 7) is 2.04. The van der Waals surface area contributed by atoms with Gasteiger partial charge in [0.15, 0.2) is 0 Å². The lowest BCUT2D eigenvalue weighted by molar-refractivity contribution is -0.149.